The highest BCUT2D eigenvalue weighted by Gasteiger charge is 2.18. The number of carbonyl (C=O) groups is 1. The third kappa shape index (κ3) is 3.72. The number of aromatic nitrogens is 3. The minimum absolute atomic E-state index is 0.0913. The van der Waals surface area contributed by atoms with Crippen molar-refractivity contribution in [3.8, 4) is 10.6 Å². The van der Waals surface area contributed by atoms with Gasteiger partial charge in [-0.25, -0.2) is 9.67 Å². The Kier molecular flexibility index (Phi) is 5.45. The second-order valence-electron chi connectivity index (χ2n) is 6.06. The fourth-order valence-corrected chi connectivity index (χ4v) is 3.36. The average Bonchev–Trinajstić information content (AvgIpc) is 3.26. The first-order chi connectivity index (χ1) is 12.1. The molecule has 3 aromatic rings. The number of rotatable bonds is 7. The van der Waals surface area contributed by atoms with Crippen molar-refractivity contribution in [1.29, 1.82) is 0 Å². The van der Waals surface area contributed by atoms with Crippen molar-refractivity contribution in [1.82, 2.24) is 25.4 Å². The molecule has 0 unspecified atom stereocenters. The Morgan fingerprint density at radius 2 is 2.20 bits per heavy atom. The Labute approximate surface area is 151 Å². The maximum Gasteiger partial charge on any atom is 0.252 e. The van der Waals surface area contributed by atoms with Crippen LogP contribution in [0.2, 0.25) is 0 Å². The highest BCUT2D eigenvalue weighted by atomic mass is 32.1. The number of thiophene rings is 1. The lowest BCUT2D eigenvalue weighted by molar-refractivity contribution is 0.0955. The summed E-state index contributed by atoms with van der Waals surface area (Å²) in [6.07, 6.45) is 1.74. The third-order valence-corrected chi connectivity index (χ3v) is 4.80. The molecule has 0 atom stereocenters. The molecule has 7 heteroatoms. The van der Waals surface area contributed by atoms with Crippen LogP contribution in [-0.2, 0) is 0 Å². The van der Waals surface area contributed by atoms with E-state index in [-0.39, 0.29) is 11.9 Å². The van der Waals surface area contributed by atoms with Crippen LogP contribution < -0.4 is 10.6 Å². The van der Waals surface area contributed by atoms with Crippen molar-refractivity contribution in [2.24, 2.45) is 0 Å². The fourth-order valence-electron chi connectivity index (χ4n) is 2.67. The number of pyridine rings is 1. The van der Waals surface area contributed by atoms with Gasteiger partial charge in [-0.05, 0) is 37.9 Å². The highest BCUT2D eigenvalue weighted by Crippen LogP contribution is 2.28. The van der Waals surface area contributed by atoms with Crippen LogP contribution in [-0.4, -0.2) is 40.3 Å². The summed E-state index contributed by atoms with van der Waals surface area (Å²) in [6, 6.07) is 6.04. The van der Waals surface area contributed by atoms with E-state index in [4.69, 9.17) is 4.98 Å². The molecule has 3 aromatic heterocycles. The molecule has 0 bridgehead atoms. The van der Waals surface area contributed by atoms with Crippen LogP contribution >= 0.6 is 11.3 Å². The summed E-state index contributed by atoms with van der Waals surface area (Å²) < 4.78 is 1.86. The lowest BCUT2D eigenvalue weighted by Crippen LogP contribution is -2.31. The van der Waals surface area contributed by atoms with Gasteiger partial charge in [-0.1, -0.05) is 13.0 Å². The largest absolute Gasteiger partial charge is 0.351 e. The Morgan fingerprint density at radius 3 is 2.88 bits per heavy atom. The molecule has 2 N–H and O–H groups in total. The van der Waals surface area contributed by atoms with Gasteiger partial charge in [0, 0.05) is 19.1 Å². The average molecular weight is 357 g/mol. The summed E-state index contributed by atoms with van der Waals surface area (Å²) in [5.41, 5.74) is 2.18. The van der Waals surface area contributed by atoms with E-state index in [1.165, 1.54) is 0 Å². The molecule has 0 aliphatic carbocycles. The topological polar surface area (TPSA) is 71.8 Å². The highest BCUT2D eigenvalue weighted by molar-refractivity contribution is 7.13. The Morgan fingerprint density at radius 1 is 1.36 bits per heavy atom. The monoisotopic (exact) mass is 357 g/mol. The van der Waals surface area contributed by atoms with Gasteiger partial charge in [0.25, 0.3) is 5.91 Å². The normalized spacial score (nSPS) is 11.4. The van der Waals surface area contributed by atoms with Crippen molar-refractivity contribution in [2.75, 3.05) is 19.6 Å². The van der Waals surface area contributed by atoms with Gasteiger partial charge in [0.05, 0.1) is 27.7 Å². The van der Waals surface area contributed by atoms with Crippen LogP contribution in [0.4, 0.5) is 0 Å². The predicted molar refractivity (Wildman–Crippen MR) is 102 cm³/mol. The summed E-state index contributed by atoms with van der Waals surface area (Å²) >= 11 is 1.61. The second kappa shape index (κ2) is 7.76. The molecule has 25 heavy (non-hydrogen) atoms. The first-order valence-electron chi connectivity index (χ1n) is 8.53. The molecule has 3 heterocycles. The molecular weight excluding hydrogens is 334 g/mol. The molecule has 6 nitrogen and oxygen atoms in total. The van der Waals surface area contributed by atoms with E-state index in [1.807, 2.05) is 35.2 Å². The van der Waals surface area contributed by atoms with Crippen molar-refractivity contribution in [2.45, 2.75) is 26.8 Å². The van der Waals surface area contributed by atoms with E-state index in [1.54, 1.807) is 17.5 Å². The maximum atomic E-state index is 12.7. The van der Waals surface area contributed by atoms with Crippen molar-refractivity contribution in [3.63, 3.8) is 0 Å². The molecular formula is C18H23N5OS. The Balaban J connectivity index is 2.02. The maximum absolute atomic E-state index is 12.7. The van der Waals surface area contributed by atoms with Crippen LogP contribution in [0.3, 0.4) is 0 Å². The number of amides is 1. The van der Waals surface area contributed by atoms with Crippen LogP contribution in [0.15, 0.2) is 29.8 Å². The smallest absolute Gasteiger partial charge is 0.252 e. The standard InChI is InChI=1S/C18H23N5OS/c1-4-19-7-8-20-18(24)13-10-15(16-6-5-9-25-16)22-17-14(13)11-21-23(17)12(2)3/h5-6,9-12,19H,4,7-8H2,1-3H3,(H,20,24). The molecule has 1 amide bonds. The van der Waals surface area contributed by atoms with Crippen LogP contribution in [0.1, 0.15) is 37.2 Å². The number of hydrogen-bond acceptors (Lipinski definition) is 5. The summed E-state index contributed by atoms with van der Waals surface area (Å²) in [5, 5.41) is 13.4. The molecule has 0 spiro atoms. The van der Waals surface area contributed by atoms with Gasteiger partial charge in [-0.15, -0.1) is 11.3 Å². The first kappa shape index (κ1) is 17.6. The summed E-state index contributed by atoms with van der Waals surface area (Å²) in [5.74, 6) is -0.0913. The summed E-state index contributed by atoms with van der Waals surface area (Å²) in [4.78, 5) is 18.5. The van der Waals surface area contributed by atoms with Crippen molar-refractivity contribution < 1.29 is 4.79 Å². The van der Waals surface area contributed by atoms with Crippen molar-refractivity contribution in [3.05, 3.63) is 35.3 Å². The number of likely N-dealkylation sites (N-methyl/N-ethyl adjacent to an activating group) is 1. The van der Waals surface area contributed by atoms with Crippen LogP contribution in [0.25, 0.3) is 21.6 Å². The van der Waals surface area contributed by atoms with E-state index < -0.39 is 0 Å². The summed E-state index contributed by atoms with van der Waals surface area (Å²) in [7, 11) is 0. The number of fused-ring (bicyclic) bond motifs is 1. The molecule has 3 rings (SSSR count). The minimum atomic E-state index is -0.0913. The fraction of sp³-hybridized carbons (Fsp3) is 0.389. The Hall–Kier alpha value is -2.25. The number of nitrogens with one attached hydrogen (secondary N) is 2. The van der Waals surface area contributed by atoms with Gasteiger partial charge >= 0.3 is 0 Å². The quantitative estimate of drug-likeness (QED) is 0.638. The van der Waals surface area contributed by atoms with Gasteiger partial charge in [0.15, 0.2) is 5.65 Å². The lowest BCUT2D eigenvalue weighted by Gasteiger charge is -2.10. The molecule has 0 saturated carbocycles. The molecule has 132 valence electrons. The zero-order chi connectivity index (χ0) is 17.8. The zero-order valence-corrected chi connectivity index (χ0v) is 15.6. The first-order valence-corrected chi connectivity index (χ1v) is 9.40. The minimum Gasteiger partial charge on any atom is -0.351 e. The number of nitrogens with zero attached hydrogens (tertiary/aromatic N) is 3. The molecule has 0 aliphatic rings. The molecule has 0 radical (unpaired) electrons. The van der Waals surface area contributed by atoms with E-state index in [2.05, 4.69) is 29.6 Å². The zero-order valence-electron chi connectivity index (χ0n) is 14.7. The number of carbonyl (C=O) groups excluding carboxylic acids is 1. The number of hydrogen-bond donors (Lipinski definition) is 2. The van der Waals surface area contributed by atoms with Gasteiger partial charge < -0.3 is 10.6 Å². The molecule has 0 aromatic carbocycles. The van der Waals surface area contributed by atoms with E-state index in [9.17, 15) is 4.79 Å². The third-order valence-electron chi connectivity index (χ3n) is 3.91. The van der Waals surface area contributed by atoms with Crippen LogP contribution in [0.5, 0.6) is 0 Å². The van der Waals surface area contributed by atoms with Crippen molar-refractivity contribution >= 4 is 28.3 Å². The van der Waals surface area contributed by atoms with Gasteiger partial charge in [0.2, 0.25) is 0 Å². The van der Waals surface area contributed by atoms with Gasteiger partial charge in [-0.2, -0.15) is 5.10 Å². The second-order valence-corrected chi connectivity index (χ2v) is 7.01. The SMILES string of the molecule is CCNCCNC(=O)c1cc(-c2cccs2)nc2c1cnn2C(C)C. The molecule has 0 fully saturated rings. The van der Waals surface area contributed by atoms with E-state index in [0.717, 1.165) is 34.7 Å². The predicted octanol–water partition coefficient (Wildman–Crippen LogP) is 3.08. The van der Waals surface area contributed by atoms with Gasteiger partial charge in [-0.3, -0.25) is 4.79 Å². The van der Waals surface area contributed by atoms with Crippen LogP contribution in [0, 0.1) is 0 Å². The molecule has 0 saturated heterocycles. The Bertz CT molecular complexity index is 854. The summed E-state index contributed by atoms with van der Waals surface area (Å²) in [6.45, 7) is 8.38. The van der Waals surface area contributed by atoms with E-state index >= 15 is 0 Å². The molecule has 0 aliphatic heterocycles. The van der Waals surface area contributed by atoms with Gasteiger partial charge in [0.1, 0.15) is 0 Å². The van der Waals surface area contributed by atoms with E-state index in [0.29, 0.717) is 12.1 Å². The lowest BCUT2D eigenvalue weighted by atomic mass is 10.1.